The summed E-state index contributed by atoms with van der Waals surface area (Å²) in [6.07, 6.45) is 2.05. The Morgan fingerprint density at radius 3 is 1.93 bits per heavy atom. The minimum absolute atomic E-state index is 0.0417. The molecule has 0 atom stereocenters. The van der Waals surface area contributed by atoms with Crippen LogP contribution >= 0.6 is 0 Å². The average Bonchev–Trinajstić information content (AvgIpc) is 2.04. The zero-order valence-electron chi connectivity index (χ0n) is 10.3. The summed E-state index contributed by atoms with van der Waals surface area (Å²) in [6, 6.07) is 0. The van der Waals surface area contributed by atoms with E-state index in [1.54, 1.807) is 7.11 Å². The first-order valence-corrected chi connectivity index (χ1v) is 5.02. The van der Waals surface area contributed by atoms with Crippen molar-refractivity contribution < 1.29 is 14.3 Å². The van der Waals surface area contributed by atoms with E-state index in [-0.39, 0.29) is 11.6 Å². The van der Waals surface area contributed by atoms with Crippen LogP contribution in [0.4, 0.5) is 0 Å². The van der Waals surface area contributed by atoms with Crippen LogP contribution in [-0.4, -0.2) is 25.3 Å². The summed E-state index contributed by atoms with van der Waals surface area (Å²) in [7, 11) is 1.71. The van der Waals surface area contributed by atoms with Gasteiger partial charge in [0.1, 0.15) is 0 Å². The van der Waals surface area contributed by atoms with Crippen molar-refractivity contribution in [3.63, 3.8) is 0 Å². The fraction of sp³-hybridized carbons (Fsp3) is 0.909. The lowest BCUT2D eigenvalue weighted by atomic mass is 10.2. The molecule has 0 aromatic rings. The number of esters is 1. The Hall–Kier alpha value is -0.570. The molecule has 14 heavy (non-hydrogen) atoms. The Labute approximate surface area is 87.8 Å². The Bertz CT molecular complexity index is 136. The predicted octanol–water partition coefficient (Wildman–Crippen LogP) is 2.78. The van der Waals surface area contributed by atoms with Gasteiger partial charge >= 0.3 is 5.97 Å². The molecule has 0 aromatic heterocycles. The van der Waals surface area contributed by atoms with E-state index in [1.807, 2.05) is 20.8 Å². The Morgan fingerprint density at radius 1 is 1.29 bits per heavy atom. The quantitative estimate of drug-likeness (QED) is 0.524. The van der Waals surface area contributed by atoms with E-state index in [2.05, 4.69) is 11.7 Å². The summed E-state index contributed by atoms with van der Waals surface area (Å²) in [6.45, 7) is 10.1. The van der Waals surface area contributed by atoms with Gasteiger partial charge in [-0.25, -0.2) is 0 Å². The van der Waals surface area contributed by atoms with Gasteiger partial charge in [0.05, 0.1) is 12.2 Å². The highest BCUT2D eigenvalue weighted by atomic mass is 16.5. The largest absolute Gasteiger partial charge is 0.466 e. The molecule has 0 saturated heterocycles. The van der Waals surface area contributed by atoms with Gasteiger partial charge in [0.25, 0.3) is 0 Å². The molecule has 0 radical (unpaired) electrons. The zero-order valence-corrected chi connectivity index (χ0v) is 10.3. The van der Waals surface area contributed by atoms with Crippen molar-refractivity contribution in [3.8, 4) is 0 Å². The molecule has 0 aliphatic heterocycles. The Kier molecular flexibility index (Phi) is 10.2. The van der Waals surface area contributed by atoms with E-state index in [9.17, 15) is 4.79 Å². The van der Waals surface area contributed by atoms with Crippen LogP contribution in [0.5, 0.6) is 0 Å². The molecule has 0 bridgehead atoms. The van der Waals surface area contributed by atoms with Gasteiger partial charge in [-0.1, -0.05) is 13.3 Å². The summed E-state index contributed by atoms with van der Waals surface area (Å²) in [4.78, 5) is 10.1. The number of carbonyl (C=O) groups is 1. The molecule has 0 aromatic carbocycles. The van der Waals surface area contributed by atoms with E-state index in [4.69, 9.17) is 4.74 Å². The van der Waals surface area contributed by atoms with Crippen molar-refractivity contribution in [2.45, 2.75) is 53.1 Å². The minimum atomic E-state index is -0.182. The van der Waals surface area contributed by atoms with Crippen molar-refractivity contribution >= 4 is 5.97 Å². The fourth-order valence-electron chi connectivity index (χ4n) is 0.360. The van der Waals surface area contributed by atoms with Gasteiger partial charge in [-0.05, 0) is 27.2 Å². The first-order valence-electron chi connectivity index (χ1n) is 5.02. The van der Waals surface area contributed by atoms with Crippen LogP contribution in [0.15, 0.2) is 0 Å². The molecule has 0 unspecified atom stereocenters. The van der Waals surface area contributed by atoms with Crippen LogP contribution in [0.25, 0.3) is 0 Å². The maximum Gasteiger partial charge on any atom is 0.302 e. The lowest BCUT2D eigenvalue weighted by molar-refractivity contribution is -0.141. The summed E-state index contributed by atoms with van der Waals surface area (Å²) in [5.74, 6) is -0.182. The van der Waals surface area contributed by atoms with Crippen molar-refractivity contribution in [2.24, 2.45) is 0 Å². The van der Waals surface area contributed by atoms with Crippen molar-refractivity contribution in [1.82, 2.24) is 0 Å². The Morgan fingerprint density at radius 2 is 1.71 bits per heavy atom. The molecule has 0 heterocycles. The van der Waals surface area contributed by atoms with E-state index >= 15 is 0 Å². The van der Waals surface area contributed by atoms with Crippen molar-refractivity contribution in [3.05, 3.63) is 0 Å². The van der Waals surface area contributed by atoms with Crippen LogP contribution in [-0.2, 0) is 14.3 Å². The number of unbranched alkanes of at least 4 members (excludes halogenated alkanes) is 1. The second-order valence-electron chi connectivity index (χ2n) is 4.01. The molecule has 0 amide bonds. The van der Waals surface area contributed by atoms with Crippen molar-refractivity contribution in [2.75, 3.05) is 13.7 Å². The standard InChI is InChI=1S/C6H12O2.C5H12O/c1-3-4-5-8-6(2)7;1-5(2,3)6-4/h3-5H2,1-2H3;1-4H3. The minimum Gasteiger partial charge on any atom is -0.466 e. The van der Waals surface area contributed by atoms with E-state index in [0.29, 0.717) is 6.61 Å². The molecule has 0 aliphatic rings. The van der Waals surface area contributed by atoms with Gasteiger partial charge < -0.3 is 9.47 Å². The topological polar surface area (TPSA) is 35.5 Å². The predicted molar refractivity (Wildman–Crippen MR) is 58.3 cm³/mol. The number of rotatable bonds is 3. The number of hydrogen-bond donors (Lipinski definition) is 0. The van der Waals surface area contributed by atoms with Gasteiger partial charge in [-0.15, -0.1) is 0 Å². The van der Waals surface area contributed by atoms with Gasteiger partial charge in [0.2, 0.25) is 0 Å². The first kappa shape index (κ1) is 15.9. The van der Waals surface area contributed by atoms with Gasteiger partial charge in [0, 0.05) is 14.0 Å². The van der Waals surface area contributed by atoms with Gasteiger partial charge in [-0.3, -0.25) is 4.79 Å². The monoisotopic (exact) mass is 204 g/mol. The third kappa shape index (κ3) is 22.5. The second-order valence-corrected chi connectivity index (χ2v) is 4.01. The zero-order chi connectivity index (χ0) is 11.6. The van der Waals surface area contributed by atoms with Crippen LogP contribution in [0, 0.1) is 0 Å². The molecule has 0 aliphatic carbocycles. The van der Waals surface area contributed by atoms with Crippen LogP contribution in [0.2, 0.25) is 0 Å². The fourth-order valence-corrected chi connectivity index (χ4v) is 0.360. The smallest absolute Gasteiger partial charge is 0.302 e. The summed E-state index contributed by atoms with van der Waals surface area (Å²) in [5.41, 5.74) is 0.0417. The second kappa shape index (κ2) is 9.00. The maximum atomic E-state index is 10.1. The SMILES string of the molecule is CCCCOC(C)=O.COC(C)(C)C. The van der Waals surface area contributed by atoms with E-state index < -0.39 is 0 Å². The highest BCUT2D eigenvalue weighted by Gasteiger charge is 2.03. The van der Waals surface area contributed by atoms with Gasteiger partial charge in [0.15, 0.2) is 0 Å². The van der Waals surface area contributed by atoms with Crippen LogP contribution in [0.3, 0.4) is 0 Å². The maximum absolute atomic E-state index is 10.1. The molecule has 86 valence electrons. The summed E-state index contributed by atoms with van der Waals surface area (Å²) in [5, 5.41) is 0. The molecule has 0 saturated carbocycles. The normalized spacial score (nSPS) is 10.1. The average molecular weight is 204 g/mol. The van der Waals surface area contributed by atoms with Crippen LogP contribution in [0.1, 0.15) is 47.5 Å². The van der Waals surface area contributed by atoms with Crippen LogP contribution < -0.4 is 0 Å². The Balaban J connectivity index is 0. The lowest BCUT2D eigenvalue weighted by Gasteiger charge is -2.14. The van der Waals surface area contributed by atoms with Crippen molar-refractivity contribution in [1.29, 1.82) is 0 Å². The number of carbonyl (C=O) groups excluding carboxylic acids is 1. The molecule has 0 rings (SSSR count). The third-order valence-electron chi connectivity index (χ3n) is 1.42. The molecule has 0 fully saturated rings. The lowest BCUT2D eigenvalue weighted by Crippen LogP contribution is -2.15. The third-order valence-corrected chi connectivity index (χ3v) is 1.42. The highest BCUT2D eigenvalue weighted by Crippen LogP contribution is 2.02. The molecular formula is C11H24O3. The molecule has 0 spiro atoms. The summed E-state index contributed by atoms with van der Waals surface area (Å²) >= 11 is 0. The molecule has 3 heteroatoms. The highest BCUT2D eigenvalue weighted by molar-refractivity contribution is 5.65. The van der Waals surface area contributed by atoms with E-state index in [0.717, 1.165) is 12.8 Å². The number of hydrogen-bond acceptors (Lipinski definition) is 3. The number of methoxy groups -OCH3 is 1. The molecule has 0 N–H and O–H groups in total. The molecule has 3 nitrogen and oxygen atoms in total. The van der Waals surface area contributed by atoms with E-state index in [1.165, 1.54) is 6.92 Å². The molecular weight excluding hydrogens is 180 g/mol. The first-order chi connectivity index (χ1) is 6.33. The van der Waals surface area contributed by atoms with Gasteiger partial charge in [-0.2, -0.15) is 0 Å². The summed E-state index contributed by atoms with van der Waals surface area (Å²) < 4.78 is 9.58. The number of ether oxygens (including phenoxy) is 2.